The van der Waals surface area contributed by atoms with Gasteiger partial charge >= 0.3 is 0 Å². The number of ether oxygens (including phenoxy) is 2. The third kappa shape index (κ3) is 4.26. The Hall–Kier alpha value is -2.47. The Morgan fingerprint density at radius 1 is 1.39 bits per heavy atom. The molecule has 0 bridgehead atoms. The van der Waals surface area contributed by atoms with Crippen molar-refractivity contribution in [3.05, 3.63) is 47.3 Å². The summed E-state index contributed by atoms with van der Waals surface area (Å²) in [5, 5.41) is 4.75. The second-order valence-corrected chi connectivity index (χ2v) is 5.09. The standard InChI is InChI=1S/C16H19ClN4O2/c1-4-6-23-15-8-13(17)12(7-14(15)22-5-2)9-19-21-10-11(3)20-16(21)18/h4,7-10H,1,5-6H2,2-3H3,(H2,18,20). The zero-order chi connectivity index (χ0) is 16.8. The van der Waals surface area contributed by atoms with Crippen molar-refractivity contribution in [2.75, 3.05) is 18.9 Å². The Labute approximate surface area is 140 Å². The van der Waals surface area contributed by atoms with Gasteiger partial charge in [-0.2, -0.15) is 5.10 Å². The number of aryl methyl sites for hydroxylation is 1. The lowest BCUT2D eigenvalue weighted by Gasteiger charge is -2.12. The average molecular weight is 335 g/mol. The molecule has 1 aromatic carbocycles. The van der Waals surface area contributed by atoms with Gasteiger partial charge in [0, 0.05) is 11.6 Å². The Morgan fingerprint density at radius 3 is 2.74 bits per heavy atom. The molecule has 0 saturated carbocycles. The summed E-state index contributed by atoms with van der Waals surface area (Å²) in [5.74, 6) is 1.47. The number of nitrogens with zero attached hydrogens (tertiary/aromatic N) is 3. The summed E-state index contributed by atoms with van der Waals surface area (Å²) >= 11 is 6.28. The highest BCUT2D eigenvalue weighted by molar-refractivity contribution is 6.33. The first-order valence-electron chi connectivity index (χ1n) is 7.11. The third-order valence-electron chi connectivity index (χ3n) is 2.88. The summed E-state index contributed by atoms with van der Waals surface area (Å²) in [6.07, 6.45) is 4.98. The number of aromatic nitrogens is 2. The monoisotopic (exact) mass is 334 g/mol. The van der Waals surface area contributed by atoms with Crippen LogP contribution in [0.15, 0.2) is 36.1 Å². The van der Waals surface area contributed by atoms with Crippen molar-refractivity contribution in [1.82, 2.24) is 9.66 Å². The van der Waals surface area contributed by atoms with E-state index in [-0.39, 0.29) is 0 Å². The molecule has 1 aromatic heterocycles. The van der Waals surface area contributed by atoms with Gasteiger partial charge in [-0.3, -0.25) is 0 Å². The molecule has 0 spiro atoms. The van der Waals surface area contributed by atoms with Gasteiger partial charge in [0.15, 0.2) is 11.5 Å². The third-order valence-corrected chi connectivity index (χ3v) is 3.20. The topological polar surface area (TPSA) is 74.7 Å². The van der Waals surface area contributed by atoms with Gasteiger partial charge in [-0.25, -0.2) is 9.66 Å². The van der Waals surface area contributed by atoms with Gasteiger partial charge in [0.1, 0.15) is 6.61 Å². The Morgan fingerprint density at radius 2 is 2.13 bits per heavy atom. The van der Waals surface area contributed by atoms with E-state index in [1.807, 2.05) is 13.8 Å². The molecule has 6 nitrogen and oxygen atoms in total. The van der Waals surface area contributed by atoms with Crippen LogP contribution in [0.4, 0.5) is 5.95 Å². The predicted molar refractivity (Wildman–Crippen MR) is 92.7 cm³/mol. The molecule has 122 valence electrons. The van der Waals surface area contributed by atoms with Crippen molar-refractivity contribution < 1.29 is 9.47 Å². The molecule has 0 fully saturated rings. The van der Waals surface area contributed by atoms with Crippen LogP contribution in [-0.4, -0.2) is 29.1 Å². The highest BCUT2D eigenvalue weighted by Gasteiger charge is 2.10. The van der Waals surface area contributed by atoms with E-state index in [0.29, 0.717) is 41.2 Å². The molecule has 2 rings (SSSR count). The maximum absolute atomic E-state index is 6.28. The van der Waals surface area contributed by atoms with Crippen LogP contribution in [0.1, 0.15) is 18.2 Å². The maximum atomic E-state index is 6.28. The summed E-state index contributed by atoms with van der Waals surface area (Å²) in [5.41, 5.74) is 7.22. The van der Waals surface area contributed by atoms with Crippen molar-refractivity contribution >= 4 is 23.8 Å². The first-order chi connectivity index (χ1) is 11.0. The van der Waals surface area contributed by atoms with Crippen molar-refractivity contribution in [2.24, 2.45) is 5.10 Å². The number of nitrogens with two attached hydrogens (primary N) is 1. The molecule has 0 aliphatic rings. The molecule has 0 unspecified atom stereocenters. The first kappa shape index (κ1) is 16.9. The molecule has 0 aliphatic carbocycles. The normalized spacial score (nSPS) is 10.9. The van der Waals surface area contributed by atoms with Crippen LogP contribution in [0.3, 0.4) is 0 Å². The smallest absolute Gasteiger partial charge is 0.221 e. The number of benzene rings is 1. The van der Waals surface area contributed by atoms with E-state index in [1.165, 1.54) is 4.68 Å². The van der Waals surface area contributed by atoms with Crippen LogP contribution in [0.2, 0.25) is 5.02 Å². The highest BCUT2D eigenvalue weighted by Crippen LogP contribution is 2.33. The Balaban J connectivity index is 2.32. The summed E-state index contributed by atoms with van der Waals surface area (Å²) in [4.78, 5) is 4.08. The summed E-state index contributed by atoms with van der Waals surface area (Å²) in [7, 11) is 0. The molecule has 23 heavy (non-hydrogen) atoms. The fourth-order valence-electron chi connectivity index (χ4n) is 1.90. The van der Waals surface area contributed by atoms with E-state index in [0.717, 1.165) is 5.69 Å². The lowest BCUT2D eigenvalue weighted by atomic mass is 10.2. The largest absolute Gasteiger partial charge is 0.490 e. The van der Waals surface area contributed by atoms with Gasteiger partial charge in [0.25, 0.3) is 0 Å². The van der Waals surface area contributed by atoms with Crippen LogP contribution in [0.25, 0.3) is 0 Å². The van der Waals surface area contributed by atoms with Crippen LogP contribution < -0.4 is 15.2 Å². The van der Waals surface area contributed by atoms with Gasteiger partial charge in [0.2, 0.25) is 5.95 Å². The Bertz CT molecular complexity index is 725. The molecule has 2 aromatic rings. The van der Waals surface area contributed by atoms with Crippen molar-refractivity contribution in [2.45, 2.75) is 13.8 Å². The maximum Gasteiger partial charge on any atom is 0.221 e. The summed E-state index contributed by atoms with van der Waals surface area (Å²) < 4.78 is 12.6. The van der Waals surface area contributed by atoms with Gasteiger partial charge in [0.05, 0.1) is 29.7 Å². The van der Waals surface area contributed by atoms with E-state index in [1.54, 1.807) is 30.6 Å². The zero-order valence-corrected chi connectivity index (χ0v) is 13.9. The molecule has 2 N–H and O–H groups in total. The fraction of sp³-hybridized carbons (Fsp3) is 0.250. The van der Waals surface area contributed by atoms with Gasteiger partial charge in [-0.05, 0) is 19.9 Å². The molecule has 1 heterocycles. The minimum Gasteiger partial charge on any atom is -0.490 e. The molecule has 0 radical (unpaired) electrons. The number of hydrogen-bond donors (Lipinski definition) is 1. The van der Waals surface area contributed by atoms with Crippen LogP contribution in [0, 0.1) is 6.92 Å². The highest BCUT2D eigenvalue weighted by atomic mass is 35.5. The van der Waals surface area contributed by atoms with Crippen LogP contribution >= 0.6 is 11.6 Å². The summed E-state index contributed by atoms with van der Waals surface area (Å²) in [6, 6.07) is 3.47. The Kier molecular flexibility index (Phi) is 5.65. The number of nitrogen functional groups attached to an aromatic ring is 1. The van der Waals surface area contributed by atoms with E-state index in [2.05, 4.69) is 16.7 Å². The molecular formula is C16H19ClN4O2. The SMILES string of the molecule is C=CCOc1cc(Cl)c(C=Nn2cc(C)nc2N)cc1OCC. The van der Waals surface area contributed by atoms with E-state index in [9.17, 15) is 0 Å². The molecule has 0 atom stereocenters. The predicted octanol–water partition coefficient (Wildman–Crippen LogP) is 3.27. The molecular weight excluding hydrogens is 316 g/mol. The lowest BCUT2D eigenvalue weighted by molar-refractivity contribution is 0.297. The number of hydrogen-bond acceptors (Lipinski definition) is 5. The summed E-state index contributed by atoms with van der Waals surface area (Å²) in [6.45, 7) is 8.24. The fourth-order valence-corrected chi connectivity index (χ4v) is 2.10. The lowest BCUT2D eigenvalue weighted by Crippen LogP contribution is -2.01. The van der Waals surface area contributed by atoms with Crippen molar-refractivity contribution in [3.8, 4) is 11.5 Å². The second-order valence-electron chi connectivity index (χ2n) is 4.68. The number of imidazole rings is 1. The molecule has 0 aliphatic heterocycles. The first-order valence-corrected chi connectivity index (χ1v) is 7.48. The average Bonchev–Trinajstić information content (AvgIpc) is 2.83. The quantitative estimate of drug-likeness (QED) is 0.623. The minimum atomic E-state index is 0.311. The molecule has 7 heteroatoms. The van der Waals surface area contributed by atoms with Crippen LogP contribution in [0.5, 0.6) is 11.5 Å². The van der Waals surface area contributed by atoms with Gasteiger partial charge in [-0.15, -0.1) is 0 Å². The van der Waals surface area contributed by atoms with E-state index >= 15 is 0 Å². The number of halogens is 1. The van der Waals surface area contributed by atoms with E-state index in [4.69, 9.17) is 26.8 Å². The van der Waals surface area contributed by atoms with Crippen LogP contribution in [-0.2, 0) is 0 Å². The van der Waals surface area contributed by atoms with E-state index < -0.39 is 0 Å². The molecule has 0 amide bonds. The second kappa shape index (κ2) is 7.69. The van der Waals surface area contributed by atoms with Crippen molar-refractivity contribution in [1.29, 1.82) is 0 Å². The molecule has 0 saturated heterocycles. The number of anilines is 1. The minimum absolute atomic E-state index is 0.311. The number of rotatable bonds is 7. The van der Waals surface area contributed by atoms with Gasteiger partial charge in [-0.1, -0.05) is 24.3 Å². The zero-order valence-electron chi connectivity index (χ0n) is 13.1. The van der Waals surface area contributed by atoms with Gasteiger partial charge < -0.3 is 15.2 Å². The van der Waals surface area contributed by atoms with Crippen molar-refractivity contribution in [3.63, 3.8) is 0 Å².